The molecule has 6 nitrogen and oxygen atoms in total. The number of nitrogens with one attached hydrogen (secondary N) is 2. The first-order valence-electron chi connectivity index (χ1n) is 10.3. The first-order valence-corrected chi connectivity index (χ1v) is 10.3. The highest BCUT2D eigenvalue weighted by Crippen LogP contribution is 2.21. The Bertz CT molecular complexity index is 743. The smallest absolute Gasteiger partial charge is 0.191 e. The lowest BCUT2D eigenvalue weighted by molar-refractivity contribution is 0.0170. The van der Waals surface area contributed by atoms with Crippen molar-refractivity contribution >= 4 is 5.96 Å². The fraction of sp³-hybridized carbons (Fsp3) is 0.435. The predicted octanol–water partition coefficient (Wildman–Crippen LogP) is 2.61. The maximum atomic E-state index is 5.73. The lowest BCUT2D eigenvalue weighted by atomic mass is 10.0. The molecule has 0 radical (unpaired) electrons. The number of para-hydroxylation sites is 1. The molecule has 0 bridgehead atoms. The summed E-state index contributed by atoms with van der Waals surface area (Å²) in [5.41, 5.74) is 2.59. The van der Waals surface area contributed by atoms with Crippen LogP contribution in [0.25, 0.3) is 0 Å². The molecule has 0 amide bonds. The number of benzene rings is 2. The van der Waals surface area contributed by atoms with E-state index in [1.807, 2.05) is 30.3 Å². The normalized spacial score (nSPS) is 16.3. The maximum absolute atomic E-state index is 5.73. The monoisotopic (exact) mass is 396 g/mol. The number of hydrogen-bond donors (Lipinski definition) is 2. The highest BCUT2D eigenvalue weighted by molar-refractivity contribution is 5.79. The van der Waals surface area contributed by atoms with Crippen molar-refractivity contribution in [2.75, 3.05) is 53.0 Å². The molecular formula is C23H32N4O2. The average Bonchev–Trinajstić information content (AvgIpc) is 2.78. The van der Waals surface area contributed by atoms with Crippen molar-refractivity contribution < 1.29 is 9.47 Å². The van der Waals surface area contributed by atoms with E-state index in [1.165, 1.54) is 11.1 Å². The lowest BCUT2D eigenvalue weighted by Gasteiger charge is -2.35. The summed E-state index contributed by atoms with van der Waals surface area (Å²) in [6.07, 6.45) is 0. The third-order valence-electron chi connectivity index (χ3n) is 5.04. The van der Waals surface area contributed by atoms with Crippen LogP contribution in [-0.2, 0) is 4.74 Å². The van der Waals surface area contributed by atoms with Crippen molar-refractivity contribution in [3.8, 4) is 5.75 Å². The van der Waals surface area contributed by atoms with Crippen LogP contribution >= 0.6 is 0 Å². The van der Waals surface area contributed by atoms with Crippen molar-refractivity contribution in [2.45, 2.75) is 13.0 Å². The Morgan fingerprint density at radius 2 is 1.79 bits per heavy atom. The second-order valence-corrected chi connectivity index (χ2v) is 7.12. The molecule has 0 saturated carbocycles. The van der Waals surface area contributed by atoms with Crippen molar-refractivity contribution in [1.29, 1.82) is 0 Å². The number of rotatable bonds is 8. The van der Waals surface area contributed by atoms with Gasteiger partial charge in [-0.3, -0.25) is 9.89 Å². The zero-order valence-electron chi connectivity index (χ0n) is 17.4. The summed E-state index contributed by atoms with van der Waals surface area (Å²) in [7, 11) is 1.79. The Balaban J connectivity index is 1.51. The van der Waals surface area contributed by atoms with Gasteiger partial charge in [0, 0.05) is 26.7 Å². The van der Waals surface area contributed by atoms with E-state index < -0.39 is 0 Å². The molecular weight excluding hydrogens is 364 g/mol. The van der Waals surface area contributed by atoms with Crippen LogP contribution in [0.15, 0.2) is 59.6 Å². The largest absolute Gasteiger partial charge is 0.492 e. The summed E-state index contributed by atoms with van der Waals surface area (Å²) in [5.74, 6) is 1.66. The van der Waals surface area contributed by atoms with E-state index in [9.17, 15) is 0 Å². The quantitative estimate of drug-likeness (QED) is 0.408. The van der Waals surface area contributed by atoms with Gasteiger partial charge in [-0.1, -0.05) is 48.0 Å². The molecule has 156 valence electrons. The van der Waals surface area contributed by atoms with E-state index in [0.29, 0.717) is 13.2 Å². The predicted molar refractivity (Wildman–Crippen MR) is 118 cm³/mol. The minimum absolute atomic E-state index is 0.276. The molecule has 1 aliphatic heterocycles. The number of hydrogen-bond acceptors (Lipinski definition) is 4. The average molecular weight is 397 g/mol. The molecule has 6 heteroatoms. The van der Waals surface area contributed by atoms with E-state index in [4.69, 9.17) is 9.47 Å². The van der Waals surface area contributed by atoms with Gasteiger partial charge in [0.15, 0.2) is 5.96 Å². The molecule has 29 heavy (non-hydrogen) atoms. The molecule has 1 aliphatic rings. The van der Waals surface area contributed by atoms with Gasteiger partial charge < -0.3 is 20.1 Å². The molecule has 2 aromatic rings. The molecule has 1 unspecified atom stereocenters. The Morgan fingerprint density at radius 3 is 2.48 bits per heavy atom. The van der Waals surface area contributed by atoms with E-state index in [1.54, 1.807) is 7.05 Å². The fourth-order valence-corrected chi connectivity index (χ4v) is 3.40. The molecule has 1 saturated heterocycles. The van der Waals surface area contributed by atoms with Crippen molar-refractivity contribution in [3.05, 3.63) is 65.7 Å². The molecule has 0 aromatic heterocycles. The first-order chi connectivity index (χ1) is 14.3. The molecule has 2 aromatic carbocycles. The van der Waals surface area contributed by atoms with Gasteiger partial charge in [-0.15, -0.1) is 0 Å². The molecule has 2 N–H and O–H groups in total. The molecule has 3 rings (SSSR count). The van der Waals surface area contributed by atoms with Crippen LogP contribution in [0.1, 0.15) is 17.2 Å². The van der Waals surface area contributed by atoms with E-state index in [2.05, 4.69) is 51.7 Å². The van der Waals surface area contributed by atoms with E-state index >= 15 is 0 Å². The number of aliphatic imine (C=N–C) groups is 1. The second-order valence-electron chi connectivity index (χ2n) is 7.12. The minimum Gasteiger partial charge on any atom is -0.492 e. The highest BCUT2D eigenvalue weighted by atomic mass is 16.5. The standard InChI is InChI=1S/C23H32N4O2/c1-19-8-10-20(11-9-19)22(27-13-16-28-17-14-27)18-26-23(24-2)25-12-15-29-21-6-4-3-5-7-21/h3-11,22H,12-18H2,1-2H3,(H2,24,25,26). The van der Waals surface area contributed by atoms with Crippen LogP contribution in [0.3, 0.4) is 0 Å². The number of nitrogens with zero attached hydrogens (tertiary/aromatic N) is 2. The zero-order chi connectivity index (χ0) is 20.3. The lowest BCUT2D eigenvalue weighted by Crippen LogP contribution is -2.46. The third-order valence-corrected chi connectivity index (χ3v) is 5.04. The molecule has 1 fully saturated rings. The van der Waals surface area contributed by atoms with E-state index in [0.717, 1.165) is 44.6 Å². The SMILES string of the molecule is CN=C(NCCOc1ccccc1)NCC(c1ccc(C)cc1)N1CCOCC1. The van der Waals surface area contributed by atoms with Gasteiger partial charge in [0.2, 0.25) is 0 Å². The molecule has 0 aliphatic carbocycles. The number of aryl methyl sites for hydroxylation is 1. The summed E-state index contributed by atoms with van der Waals surface area (Å²) >= 11 is 0. The van der Waals surface area contributed by atoms with Crippen LogP contribution in [-0.4, -0.2) is 63.9 Å². The summed E-state index contributed by atoms with van der Waals surface area (Å²) in [6.45, 7) is 7.61. The topological polar surface area (TPSA) is 58.1 Å². The van der Waals surface area contributed by atoms with Crippen LogP contribution in [0.5, 0.6) is 5.75 Å². The number of ether oxygens (including phenoxy) is 2. The third kappa shape index (κ3) is 6.76. The van der Waals surface area contributed by atoms with Gasteiger partial charge in [0.25, 0.3) is 0 Å². The Hall–Kier alpha value is -2.57. The fourth-order valence-electron chi connectivity index (χ4n) is 3.40. The van der Waals surface area contributed by atoms with Crippen LogP contribution in [0, 0.1) is 6.92 Å². The maximum Gasteiger partial charge on any atom is 0.191 e. The van der Waals surface area contributed by atoms with Gasteiger partial charge in [-0.05, 0) is 24.6 Å². The van der Waals surface area contributed by atoms with Crippen LogP contribution in [0.2, 0.25) is 0 Å². The van der Waals surface area contributed by atoms with Crippen LogP contribution in [0.4, 0.5) is 0 Å². The van der Waals surface area contributed by atoms with Gasteiger partial charge in [0.05, 0.1) is 25.8 Å². The molecule has 1 atom stereocenters. The summed E-state index contributed by atoms with van der Waals surface area (Å²) in [5, 5.41) is 6.81. The minimum atomic E-state index is 0.276. The first kappa shape index (κ1) is 21.1. The van der Waals surface area contributed by atoms with E-state index in [-0.39, 0.29) is 6.04 Å². The number of guanidine groups is 1. The van der Waals surface area contributed by atoms with Crippen molar-refractivity contribution in [1.82, 2.24) is 15.5 Å². The summed E-state index contributed by atoms with van der Waals surface area (Å²) in [6, 6.07) is 18.9. The van der Waals surface area contributed by atoms with Gasteiger partial charge in [-0.25, -0.2) is 0 Å². The van der Waals surface area contributed by atoms with Crippen LogP contribution < -0.4 is 15.4 Å². The van der Waals surface area contributed by atoms with Gasteiger partial charge >= 0.3 is 0 Å². The highest BCUT2D eigenvalue weighted by Gasteiger charge is 2.22. The van der Waals surface area contributed by atoms with Gasteiger partial charge in [0.1, 0.15) is 12.4 Å². The molecule has 0 spiro atoms. The molecule has 1 heterocycles. The zero-order valence-corrected chi connectivity index (χ0v) is 17.4. The Morgan fingerprint density at radius 1 is 1.07 bits per heavy atom. The van der Waals surface area contributed by atoms with Crippen molar-refractivity contribution in [2.24, 2.45) is 4.99 Å². The number of morpholine rings is 1. The summed E-state index contributed by atoms with van der Waals surface area (Å²) < 4.78 is 11.3. The van der Waals surface area contributed by atoms with Gasteiger partial charge in [-0.2, -0.15) is 0 Å². The van der Waals surface area contributed by atoms with Crippen molar-refractivity contribution in [3.63, 3.8) is 0 Å². The Kier molecular flexibility index (Phi) is 8.34. The Labute approximate surface area is 173 Å². The second kappa shape index (κ2) is 11.4. The summed E-state index contributed by atoms with van der Waals surface area (Å²) in [4.78, 5) is 6.83.